The van der Waals surface area contributed by atoms with Gasteiger partial charge in [-0.3, -0.25) is 0 Å². The summed E-state index contributed by atoms with van der Waals surface area (Å²) in [5.41, 5.74) is 3.01. The lowest BCUT2D eigenvalue weighted by Crippen LogP contribution is -2.52. The molecule has 3 rings (SSSR count). The second kappa shape index (κ2) is 5.64. The van der Waals surface area contributed by atoms with Crippen molar-refractivity contribution in [2.24, 2.45) is 0 Å². The molecule has 0 amide bonds. The van der Waals surface area contributed by atoms with E-state index in [9.17, 15) is 0 Å². The quantitative estimate of drug-likeness (QED) is 0.875. The Morgan fingerprint density at radius 2 is 1.79 bits per heavy atom. The number of nitrogens with one attached hydrogen (secondary N) is 1. The highest BCUT2D eigenvalue weighted by Crippen LogP contribution is 2.39. The second-order valence-electron chi connectivity index (χ2n) is 6.13. The van der Waals surface area contributed by atoms with Crippen LogP contribution in [0.1, 0.15) is 49.7 Å². The fraction of sp³-hybridized carbons (Fsp3) is 0.647. The number of rotatable bonds is 5. The number of hydrogen-bond acceptors (Lipinski definition) is 2. The van der Waals surface area contributed by atoms with Crippen molar-refractivity contribution in [3.05, 3.63) is 35.4 Å². The number of hydrogen-bond donors (Lipinski definition) is 1. The fourth-order valence-electron chi connectivity index (χ4n) is 3.46. The predicted molar refractivity (Wildman–Crippen MR) is 78.5 cm³/mol. The van der Waals surface area contributed by atoms with Crippen LogP contribution in [0.3, 0.4) is 0 Å². The van der Waals surface area contributed by atoms with Crippen LogP contribution >= 0.6 is 0 Å². The molecule has 2 nitrogen and oxygen atoms in total. The van der Waals surface area contributed by atoms with Gasteiger partial charge in [0.1, 0.15) is 0 Å². The van der Waals surface area contributed by atoms with Crippen molar-refractivity contribution >= 4 is 0 Å². The lowest BCUT2D eigenvalue weighted by Gasteiger charge is -2.44. The molecule has 0 bridgehead atoms. The molecule has 2 fully saturated rings. The van der Waals surface area contributed by atoms with Gasteiger partial charge in [-0.2, -0.15) is 0 Å². The highest BCUT2D eigenvalue weighted by Gasteiger charge is 2.36. The zero-order valence-electron chi connectivity index (χ0n) is 12.1. The summed E-state index contributed by atoms with van der Waals surface area (Å²) in [5.74, 6) is 0.779. The minimum Gasteiger partial charge on any atom is -0.378 e. The van der Waals surface area contributed by atoms with Crippen LogP contribution in [-0.4, -0.2) is 24.8 Å². The highest BCUT2D eigenvalue weighted by atomic mass is 16.5. The third kappa shape index (κ3) is 2.85. The Morgan fingerprint density at radius 3 is 2.47 bits per heavy atom. The topological polar surface area (TPSA) is 21.3 Å². The summed E-state index contributed by atoms with van der Waals surface area (Å²) >= 11 is 0. The molecule has 1 aromatic carbocycles. The molecule has 2 saturated carbocycles. The summed E-state index contributed by atoms with van der Waals surface area (Å²) in [5, 5.41) is 3.78. The largest absolute Gasteiger partial charge is 0.378 e. The average Bonchev–Trinajstić information content (AvgIpc) is 2.31. The lowest BCUT2D eigenvalue weighted by atomic mass is 9.73. The van der Waals surface area contributed by atoms with Crippen LogP contribution in [0.4, 0.5) is 0 Å². The van der Waals surface area contributed by atoms with Crippen molar-refractivity contribution in [1.29, 1.82) is 0 Å². The van der Waals surface area contributed by atoms with Gasteiger partial charge < -0.3 is 10.1 Å². The minimum atomic E-state index is 0.523. The van der Waals surface area contributed by atoms with Gasteiger partial charge in [0.05, 0.1) is 6.10 Å². The molecule has 1 aromatic rings. The highest BCUT2D eigenvalue weighted by molar-refractivity contribution is 5.31. The molecule has 0 radical (unpaired) electrons. The molecular formula is C17H25NO. The first-order valence-corrected chi connectivity index (χ1v) is 7.69. The summed E-state index contributed by atoms with van der Waals surface area (Å²) in [6.45, 7) is 5.17. The molecule has 19 heavy (non-hydrogen) atoms. The molecule has 0 saturated heterocycles. The van der Waals surface area contributed by atoms with Gasteiger partial charge in [-0.15, -0.1) is 0 Å². The summed E-state index contributed by atoms with van der Waals surface area (Å²) in [4.78, 5) is 0. The molecule has 0 atom stereocenters. The molecule has 0 unspecified atom stereocenters. The van der Waals surface area contributed by atoms with Crippen molar-refractivity contribution in [2.45, 2.75) is 63.6 Å². The van der Waals surface area contributed by atoms with Crippen LogP contribution in [0, 0.1) is 6.92 Å². The first-order chi connectivity index (χ1) is 9.26. The van der Waals surface area contributed by atoms with Crippen molar-refractivity contribution in [3.8, 4) is 0 Å². The van der Waals surface area contributed by atoms with Gasteiger partial charge in [0.15, 0.2) is 0 Å². The second-order valence-corrected chi connectivity index (χ2v) is 6.13. The van der Waals surface area contributed by atoms with E-state index in [0.29, 0.717) is 12.1 Å². The van der Waals surface area contributed by atoms with Gasteiger partial charge in [0.2, 0.25) is 0 Å². The van der Waals surface area contributed by atoms with E-state index in [1.165, 1.54) is 31.2 Å². The van der Waals surface area contributed by atoms with Gasteiger partial charge >= 0.3 is 0 Å². The molecule has 2 heteroatoms. The Kier molecular flexibility index (Phi) is 3.90. The molecule has 2 aliphatic carbocycles. The SMILES string of the molecule is CCOC1CC(NC2CC(c3ccccc3C)C2)C1. The predicted octanol–water partition coefficient (Wildman–Crippen LogP) is 3.40. The van der Waals surface area contributed by atoms with E-state index < -0.39 is 0 Å². The van der Waals surface area contributed by atoms with Crippen LogP contribution in [-0.2, 0) is 4.74 Å². The van der Waals surface area contributed by atoms with E-state index in [2.05, 4.69) is 43.4 Å². The maximum atomic E-state index is 5.61. The average molecular weight is 259 g/mol. The van der Waals surface area contributed by atoms with Gasteiger partial charge in [0, 0.05) is 18.7 Å². The standard InChI is InChI=1S/C17H25NO/c1-3-19-16-10-15(11-16)18-14-8-13(9-14)17-7-5-4-6-12(17)2/h4-7,13-16,18H,3,8-11H2,1-2H3. The van der Waals surface area contributed by atoms with Crippen LogP contribution in [0.5, 0.6) is 0 Å². The smallest absolute Gasteiger partial charge is 0.0604 e. The molecule has 2 aliphatic rings. The van der Waals surface area contributed by atoms with Crippen molar-refractivity contribution in [2.75, 3.05) is 6.61 Å². The molecule has 1 N–H and O–H groups in total. The maximum absolute atomic E-state index is 5.61. The number of benzene rings is 1. The normalized spacial score (nSPS) is 33.6. The Hall–Kier alpha value is -0.860. The van der Waals surface area contributed by atoms with Crippen molar-refractivity contribution in [3.63, 3.8) is 0 Å². The van der Waals surface area contributed by atoms with Crippen molar-refractivity contribution < 1.29 is 4.74 Å². The first kappa shape index (κ1) is 13.1. The fourth-order valence-corrected chi connectivity index (χ4v) is 3.46. The third-order valence-electron chi connectivity index (χ3n) is 4.73. The molecule has 0 spiro atoms. The lowest BCUT2D eigenvalue weighted by molar-refractivity contribution is -0.0154. The Bertz CT molecular complexity index is 419. The first-order valence-electron chi connectivity index (χ1n) is 7.69. The van der Waals surface area contributed by atoms with Crippen LogP contribution in [0.25, 0.3) is 0 Å². The van der Waals surface area contributed by atoms with E-state index in [1.807, 2.05) is 0 Å². The molecule has 0 heterocycles. The van der Waals surface area contributed by atoms with Gasteiger partial charge in [0.25, 0.3) is 0 Å². The van der Waals surface area contributed by atoms with Crippen LogP contribution < -0.4 is 5.32 Å². The van der Waals surface area contributed by atoms with Crippen LogP contribution in [0.15, 0.2) is 24.3 Å². The summed E-state index contributed by atoms with van der Waals surface area (Å²) in [6.07, 6.45) is 5.55. The molecular weight excluding hydrogens is 234 g/mol. The summed E-state index contributed by atoms with van der Waals surface area (Å²) in [7, 11) is 0. The van der Waals surface area contributed by atoms with Gasteiger partial charge in [-0.1, -0.05) is 24.3 Å². The summed E-state index contributed by atoms with van der Waals surface area (Å²) in [6, 6.07) is 10.3. The zero-order valence-corrected chi connectivity index (χ0v) is 12.1. The van der Waals surface area contributed by atoms with E-state index in [-0.39, 0.29) is 0 Å². The molecule has 104 valence electrons. The zero-order chi connectivity index (χ0) is 13.2. The summed E-state index contributed by atoms with van der Waals surface area (Å²) < 4.78 is 5.61. The van der Waals surface area contributed by atoms with Crippen LogP contribution in [0.2, 0.25) is 0 Å². The van der Waals surface area contributed by atoms with E-state index in [0.717, 1.165) is 18.6 Å². The van der Waals surface area contributed by atoms with E-state index in [4.69, 9.17) is 4.74 Å². The maximum Gasteiger partial charge on any atom is 0.0604 e. The number of aryl methyl sites for hydroxylation is 1. The Morgan fingerprint density at radius 1 is 1.11 bits per heavy atom. The van der Waals surface area contributed by atoms with Gasteiger partial charge in [-0.05, 0) is 56.6 Å². The molecule has 0 aromatic heterocycles. The Labute approximate surface area is 116 Å². The van der Waals surface area contributed by atoms with Crippen molar-refractivity contribution in [1.82, 2.24) is 5.32 Å². The van der Waals surface area contributed by atoms with E-state index >= 15 is 0 Å². The number of ether oxygens (including phenoxy) is 1. The van der Waals surface area contributed by atoms with Gasteiger partial charge in [-0.25, -0.2) is 0 Å². The third-order valence-corrected chi connectivity index (χ3v) is 4.73. The molecule has 0 aliphatic heterocycles. The Balaban J connectivity index is 1.41. The monoisotopic (exact) mass is 259 g/mol. The van der Waals surface area contributed by atoms with E-state index in [1.54, 1.807) is 5.56 Å². The minimum absolute atomic E-state index is 0.523.